The van der Waals surface area contributed by atoms with Crippen LogP contribution in [0.4, 0.5) is 4.79 Å². The summed E-state index contributed by atoms with van der Waals surface area (Å²) in [6, 6.07) is 9.21. The number of benzene rings is 1. The Morgan fingerprint density at radius 2 is 1.61 bits per heavy atom. The van der Waals surface area contributed by atoms with E-state index in [1.54, 1.807) is 0 Å². The second-order valence-corrected chi connectivity index (χ2v) is 6.08. The molecule has 1 aliphatic heterocycles. The number of hydrogen-bond donors (Lipinski definition) is 2. The van der Waals surface area contributed by atoms with Crippen molar-refractivity contribution in [2.45, 2.75) is 45.1 Å². The Balaban J connectivity index is 1.62. The lowest BCUT2D eigenvalue weighted by atomic mass is 10.1. The maximum absolute atomic E-state index is 11.9. The van der Waals surface area contributed by atoms with Crippen LogP contribution in [0.5, 0.6) is 0 Å². The number of carbonyl (C=O) groups excluding carboxylic acids is 2. The number of urea groups is 1. The van der Waals surface area contributed by atoms with E-state index in [4.69, 9.17) is 0 Å². The van der Waals surface area contributed by atoms with Gasteiger partial charge in [-0.3, -0.25) is 10.1 Å². The number of nitrogens with zero attached hydrogens (tertiary/aromatic N) is 1. The fraction of sp³-hybridized carbons (Fsp3) is 0.556. The Bertz CT molecular complexity index is 482. The molecule has 1 aromatic rings. The molecule has 1 aromatic carbocycles. The summed E-state index contributed by atoms with van der Waals surface area (Å²) < 4.78 is 0. The van der Waals surface area contributed by atoms with Crippen molar-refractivity contribution in [2.75, 3.05) is 19.6 Å². The van der Waals surface area contributed by atoms with Crippen molar-refractivity contribution in [3.63, 3.8) is 0 Å². The molecule has 3 amide bonds. The van der Waals surface area contributed by atoms with E-state index in [9.17, 15) is 9.59 Å². The molecule has 126 valence electrons. The molecule has 0 bridgehead atoms. The SMILES string of the molecule is O=C(CCN1CCCCCCC1)NC(=O)NCc1ccccc1. The second kappa shape index (κ2) is 10.0. The third-order valence-corrected chi connectivity index (χ3v) is 4.15. The van der Waals surface area contributed by atoms with E-state index < -0.39 is 6.03 Å². The van der Waals surface area contributed by atoms with Gasteiger partial charge in [-0.25, -0.2) is 4.79 Å². The zero-order chi connectivity index (χ0) is 16.3. The maximum Gasteiger partial charge on any atom is 0.321 e. The zero-order valence-corrected chi connectivity index (χ0v) is 13.7. The van der Waals surface area contributed by atoms with Crippen LogP contribution in [-0.2, 0) is 11.3 Å². The lowest BCUT2D eigenvalue weighted by Crippen LogP contribution is -2.40. The van der Waals surface area contributed by atoms with Crippen LogP contribution in [0.25, 0.3) is 0 Å². The summed E-state index contributed by atoms with van der Waals surface area (Å²) in [6.07, 6.45) is 6.68. The predicted molar refractivity (Wildman–Crippen MR) is 91.0 cm³/mol. The number of likely N-dealkylation sites (tertiary alicyclic amines) is 1. The number of imide groups is 1. The third-order valence-electron chi connectivity index (χ3n) is 4.15. The molecule has 5 nitrogen and oxygen atoms in total. The molecule has 0 radical (unpaired) electrons. The summed E-state index contributed by atoms with van der Waals surface area (Å²) in [7, 11) is 0. The van der Waals surface area contributed by atoms with Gasteiger partial charge in [0, 0.05) is 19.5 Å². The predicted octanol–water partition coefficient (Wildman–Crippen LogP) is 2.67. The molecular formula is C18H27N3O2. The van der Waals surface area contributed by atoms with Gasteiger partial charge in [-0.1, -0.05) is 49.6 Å². The van der Waals surface area contributed by atoms with Gasteiger partial charge in [-0.05, 0) is 31.5 Å². The van der Waals surface area contributed by atoms with Gasteiger partial charge >= 0.3 is 6.03 Å². The van der Waals surface area contributed by atoms with Crippen molar-refractivity contribution in [1.29, 1.82) is 0 Å². The Morgan fingerprint density at radius 3 is 2.30 bits per heavy atom. The third kappa shape index (κ3) is 7.28. The van der Waals surface area contributed by atoms with Crippen molar-refractivity contribution >= 4 is 11.9 Å². The van der Waals surface area contributed by atoms with Crippen LogP contribution in [-0.4, -0.2) is 36.5 Å². The fourth-order valence-corrected chi connectivity index (χ4v) is 2.81. The fourth-order valence-electron chi connectivity index (χ4n) is 2.81. The Labute approximate surface area is 138 Å². The number of hydrogen-bond acceptors (Lipinski definition) is 3. The monoisotopic (exact) mass is 317 g/mol. The summed E-state index contributed by atoms with van der Waals surface area (Å²) in [5, 5.41) is 5.10. The molecular weight excluding hydrogens is 290 g/mol. The standard InChI is InChI=1S/C18H27N3O2/c22-17(11-14-21-12-7-2-1-3-8-13-21)20-18(23)19-15-16-9-5-4-6-10-16/h4-6,9-10H,1-3,7-8,11-15H2,(H2,19,20,22,23). The first kappa shape index (κ1) is 17.5. The lowest BCUT2D eigenvalue weighted by Gasteiger charge is -2.24. The van der Waals surface area contributed by atoms with Crippen molar-refractivity contribution in [1.82, 2.24) is 15.5 Å². The van der Waals surface area contributed by atoms with Gasteiger partial charge in [0.15, 0.2) is 0 Å². The van der Waals surface area contributed by atoms with Crippen molar-refractivity contribution < 1.29 is 9.59 Å². The van der Waals surface area contributed by atoms with E-state index in [0.717, 1.165) is 25.2 Å². The van der Waals surface area contributed by atoms with Gasteiger partial charge < -0.3 is 10.2 Å². The minimum atomic E-state index is -0.425. The van der Waals surface area contributed by atoms with Gasteiger partial charge in [0.1, 0.15) is 0 Å². The molecule has 23 heavy (non-hydrogen) atoms. The minimum Gasteiger partial charge on any atom is -0.334 e. The average Bonchev–Trinajstić information content (AvgIpc) is 2.53. The van der Waals surface area contributed by atoms with Gasteiger partial charge in [0.25, 0.3) is 0 Å². The first-order valence-electron chi connectivity index (χ1n) is 8.58. The molecule has 1 fully saturated rings. The van der Waals surface area contributed by atoms with Crippen LogP contribution in [0.3, 0.4) is 0 Å². The van der Waals surface area contributed by atoms with Crippen LogP contribution < -0.4 is 10.6 Å². The molecule has 2 N–H and O–H groups in total. The number of amides is 3. The van der Waals surface area contributed by atoms with Crippen molar-refractivity contribution in [3.8, 4) is 0 Å². The van der Waals surface area contributed by atoms with Crippen LogP contribution in [0.1, 0.15) is 44.1 Å². The molecule has 2 rings (SSSR count). The summed E-state index contributed by atoms with van der Waals surface area (Å²) in [4.78, 5) is 25.9. The zero-order valence-electron chi connectivity index (χ0n) is 13.7. The Kier molecular flexibility index (Phi) is 7.60. The lowest BCUT2D eigenvalue weighted by molar-refractivity contribution is -0.120. The maximum atomic E-state index is 11.9. The normalized spacial score (nSPS) is 16.2. The molecule has 1 aliphatic rings. The van der Waals surface area contributed by atoms with E-state index in [2.05, 4.69) is 15.5 Å². The van der Waals surface area contributed by atoms with Gasteiger partial charge in [0.2, 0.25) is 5.91 Å². The van der Waals surface area contributed by atoms with Crippen LogP contribution in [0.15, 0.2) is 30.3 Å². The largest absolute Gasteiger partial charge is 0.334 e. The highest BCUT2D eigenvalue weighted by Crippen LogP contribution is 2.10. The van der Waals surface area contributed by atoms with E-state index in [0.29, 0.717) is 13.0 Å². The van der Waals surface area contributed by atoms with Gasteiger partial charge in [-0.15, -0.1) is 0 Å². The Morgan fingerprint density at radius 1 is 0.957 bits per heavy atom. The van der Waals surface area contributed by atoms with E-state index in [-0.39, 0.29) is 5.91 Å². The number of nitrogens with one attached hydrogen (secondary N) is 2. The topological polar surface area (TPSA) is 61.4 Å². The summed E-state index contributed by atoms with van der Waals surface area (Å²) in [5.74, 6) is -0.211. The summed E-state index contributed by atoms with van der Waals surface area (Å²) in [5.41, 5.74) is 1.01. The van der Waals surface area contributed by atoms with Gasteiger partial charge in [0.05, 0.1) is 0 Å². The van der Waals surface area contributed by atoms with Gasteiger partial charge in [-0.2, -0.15) is 0 Å². The van der Waals surface area contributed by atoms with E-state index in [1.807, 2.05) is 30.3 Å². The molecule has 0 saturated carbocycles. The van der Waals surface area contributed by atoms with E-state index in [1.165, 1.54) is 32.1 Å². The first-order valence-corrected chi connectivity index (χ1v) is 8.58. The second-order valence-electron chi connectivity index (χ2n) is 6.08. The molecule has 0 atom stereocenters. The van der Waals surface area contributed by atoms with Crippen LogP contribution in [0, 0.1) is 0 Å². The summed E-state index contributed by atoms with van der Waals surface area (Å²) >= 11 is 0. The average molecular weight is 317 g/mol. The number of carbonyl (C=O) groups is 2. The molecule has 5 heteroatoms. The molecule has 1 saturated heterocycles. The van der Waals surface area contributed by atoms with Crippen molar-refractivity contribution in [2.24, 2.45) is 0 Å². The number of rotatable bonds is 5. The summed E-state index contributed by atoms with van der Waals surface area (Å²) in [6.45, 7) is 3.28. The quantitative estimate of drug-likeness (QED) is 0.877. The first-order chi connectivity index (χ1) is 11.2. The van der Waals surface area contributed by atoms with Crippen LogP contribution >= 0.6 is 0 Å². The highest BCUT2D eigenvalue weighted by atomic mass is 16.2. The minimum absolute atomic E-state index is 0.211. The molecule has 1 heterocycles. The smallest absolute Gasteiger partial charge is 0.321 e. The molecule has 0 spiro atoms. The highest BCUT2D eigenvalue weighted by molar-refractivity contribution is 5.94. The molecule has 0 aromatic heterocycles. The van der Waals surface area contributed by atoms with Crippen LogP contribution in [0.2, 0.25) is 0 Å². The molecule has 0 aliphatic carbocycles. The molecule has 0 unspecified atom stereocenters. The Hall–Kier alpha value is -1.88. The highest BCUT2D eigenvalue weighted by Gasteiger charge is 2.12. The van der Waals surface area contributed by atoms with E-state index >= 15 is 0 Å². The van der Waals surface area contributed by atoms with Crippen molar-refractivity contribution in [3.05, 3.63) is 35.9 Å².